The van der Waals surface area contributed by atoms with Crippen molar-refractivity contribution in [2.45, 2.75) is 141 Å². The van der Waals surface area contributed by atoms with Crippen molar-refractivity contribution in [3.63, 3.8) is 0 Å². The second-order valence-electron chi connectivity index (χ2n) is 10.4. The molecule has 2 amide bonds. The fourth-order valence-corrected chi connectivity index (χ4v) is 5.87. The van der Waals surface area contributed by atoms with Crippen LogP contribution in [-0.4, -0.2) is 23.9 Å². The lowest BCUT2D eigenvalue weighted by Crippen LogP contribution is -2.40. The molecule has 0 aromatic carbocycles. The third-order valence-electron chi connectivity index (χ3n) is 7.86. The molecule has 4 nitrogen and oxygen atoms in total. The first-order valence-electron chi connectivity index (χ1n) is 13.3. The van der Waals surface area contributed by atoms with Gasteiger partial charge in [-0.15, -0.1) is 0 Å². The molecule has 3 rings (SSSR count). The highest BCUT2D eigenvalue weighted by Gasteiger charge is 2.26. The molecule has 30 heavy (non-hydrogen) atoms. The second kappa shape index (κ2) is 13.4. The number of nitrogens with one attached hydrogen (secondary N) is 2. The number of rotatable bonds is 4. The minimum Gasteiger partial charge on any atom is -0.353 e. The molecule has 1 unspecified atom stereocenters. The van der Waals surface area contributed by atoms with Gasteiger partial charge >= 0.3 is 0 Å². The zero-order valence-electron chi connectivity index (χ0n) is 19.3. The lowest BCUT2D eigenvalue weighted by Gasteiger charge is -2.25. The van der Waals surface area contributed by atoms with Gasteiger partial charge in [-0.2, -0.15) is 0 Å². The summed E-state index contributed by atoms with van der Waals surface area (Å²) in [5.41, 5.74) is 0. The molecule has 0 spiro atoms. The first-order valence-corrected chi connectivity index (χ1v) is 13.3. The highest BCUT2D eigenvalue weighted by Crippen LogP contribution is 2.26. The van der Waals surface area contributed by atoms with Crippen molar-refractivity contribution in [2.75, 3.05) is 0 Å². The van der Waals surface area contributed by atoms with Gasteiger partial charge in [0.25, 0.3) is 0 Å². The molecule has 2 atom stereocenters. The van der Waals surface area contributed by atoms with Crippen molar-refractivity contribution in [2.24, 2.45) is 11.8 Å². The van der Waals surface area contributed by atoms with Gasteiger partial charge in [-0.1, -0.05) is 77.0 Å². The van der Waals surface area contributed by atoms with Crippen LogP contribution in [0.1, 0.15) is 128 Å². The average molecular weight is 419 g/mol. The van der Waals surface area contributed by atoms with Gasteiger partial charge in [0.15, 0.2) is 0 Å². The molecule has 3 aliphatic carbocycles. The summed E-state index contributed by atoms with van der Waals surface area (Å²) in [7, 11) is 0. The van der Waals surface area contributed by atoms with Gasteiger partial charge in [-0.25, -0.2) is 0 Å². The van der Waals surface area contributed by atoms with Crippen LogP contribution < -0.4 is 10.6 Å². The minimum atomic E-state index is 0.177. The maximum absolute atomic E-state index is 12.9. The lowest BCUT2D eigenvalue weighted by atomic mass is 9.92. The first kappa shape index (κ1) is 23.6. The Hall–Kier alpha value is -1.06. The molecule has 0 aromatic rings. The van der Waals surface area contributed by atoms with Crippen LogP contribution in [0.2, 0.25) is 0 Å². The standard InChI is InChI=1S/C26H46N2O2/c29-25(21-13-6-3-1-2-4-7-14-21)28-24-19-11-10-15-22(16-12-20-24)26(30)27-23-17-8-5-9-18-23/h21-24H,1-20H2,(H,27,30)(H,28,29)/t22?,24-/m1/s1. The smallest absolute Gasteiger partial charge is 0.223 e. The average Bonchev–Trinajstić information content (AvgIpc) is 2.96. The predicted octanol–water partition coefficient (Wildman–Crippen LogP) is 6.03. The van der Waals surface area contributed by atoms with Crippen LogP contribution in [0.25, 0.3) is 0 Å². The summed E-state index contributed by atoms with van der Waals surface area (Å²) < 4.78 is 0. The molecule has 0 aliphatic heterocycles. The monoisotopic (exact) mass is 418 g/mol. The maximum atomic E-state index is 12.9. The van der Waals surface area contributed by atoms with E-state index >= 15 is 0 Å². The van der Waals surface area contributed by atoms with Gasteiger partial charge in [0.05, 0.1) is 0 Å². The Morgan fingerprint density at radius 2 is 0.700 bits per heavy atom. The van der Waals surface area contributed by atoms with Gasteiger partial charge in [-0.05, 0) is 51.4 Å². The summed E-state index contributed by atoms with van der Waals surface area (Å²) in [5, 5.41) is 6.77. The molecule has 0 heterocycles. The molecule has 4 heteroatoms. The zero-order valence-corrected chi connectivity index (χ0v) is 19.3. The van der Waals surface area contributed by atoms with Crippen LogP contribution >= 0.6 is 0 Å². The van der Waals surface area contributed by atoms with Crippen LogP contribution in [-0.2, 0) is 9.59 Å². The summed E-state index contributed by atoms with van der Waals surface area (Å²) in [5.74, 6) is 1.02. The third kappa shape index (κ3) is 8.23. The van der Waals surface area contributed by atoms with E-state index in [1.807, 2.05) is 0 Å². The van der Waals surface area contributed by atoms with E-state index in [0.29, 0.717) is 23.9 Å². The van der Waals surface area contributed by atoms with Gasteiger partial charge in [0, 0.05) is 23.9 Å². The van der Waals surface area contributed by atoms with Crippen molar-refractivity contribution < 1.29 is 9.59 Å². The fourth-order valence-electron chi connectivity index (χ4n) is 5.87. The van der Waals surface area contributed by atoms with Crippen molar-refractivity contribution in [3.05, 3.63) is 0 Å². The van der Waals surface area contributed by atoms with Gasteiger partial charge in [0.2, 0.25) is 11.8 Å². The molecule has 172 valence electrons. The number of carbonyl (C=O) groups is 2. The molecule has 0 aromatic heterocycles. The Bertz CT molecular complexity index is 505. The third-order valence-corrected chi connectivity index (χ3v) is 7.86. The Kier molecular flexibility index (Phi) is 10.5. The van der Waals surface area contributed by atoms with E-state index in [-0.39, 0.29) is 11.8 Å². The number of hydrogen-bond donors (Lipinski definition) is 2. The Morgan fingerprint density at radius 1 is 0.400 bits per heavy atom. The quantitative estimate of drug-likeness (QED) is 0.585. The van der Waals surface area contributed by atoms with E-state index in [0.717, 1.165) is 70.6 Å². The normalized spacial score (nSPS) is 28.7. The highest BCUT2D eigenvalue weighted by atomic mass is 16.2. The van der Waals surface area contributed by atoms with E-state index in [4.69, 9.17) is 0 Å². The number of amides is 2. The second-order valence-corrected chi connectivity index (χ2v) is 10.4. The summed E-state index contributed by atoms with van der Waals surface area (Å²) in [6, 6.07) is 0.726. The van der Waals surface area contributed by atoms with E-state index in [2.05, 4.69) is 10.6 Å². The molecule has 0 saturated heterocycles. The summed E-state index contributed by atoms with van der Waals surface area (Å²) in [4.78, 5) is 25.8. The van der Waals surface area contributed by atoms with Gasteiger partial charge in [-0.3, -0.25) is 9.59 Å². The molecule has 3 saturated carbocycles. The zero-order chi connectivity index (χ0) is 21.0. The molecular formula is C26H46N2O2. The predicted molar refractivity (Wildman–Crippen MR) is 123 cm³/mol. The van der Waals surface area contributed by atoms with E-state index in [9.17, 15) is 9.59 Å². The molecule has 0 bridgehead atoms. The van der Waals surface area contributed by atoms with Gasteiger partial charge < -0.3 is 10.6 Å². The number of hydrogen-bond acceptors (Lipinski definition) is 2. The van der Waals surface area contributed by atoms with E-state index < -0.39 is 0 Å². The first-order chi connectivity index (χ1) is 14.7. The van der Waals surface area contributed by atoms with Crippen molar-refractivity contribution in [3.8, 4) is 0 Å². The van der Waals surface area contributed by atoms with Crippen LogP contribution in [0, 0.1) is 11.8 Å². The molecular weight excluding hydrogens is 372 g/mol. The highest BCUT2D eigenvalue weighted by molar-refractivity contribution is 5.79. The lowest BCUT2D eigenvalue weighted by molar-refractivity contribution is -0.127. The fraction of sp³-hybridized carbons (Fsp3) is 0.923. The Balaban J connectivity index is 1.43. The molecule has 3 fully saturated rings. The van der Waals surface area contributed by atoms with Crippen LogP contribution in [0.3, 0.4) is 0 Å². The Labute approximate surface area is 184 Å². The minimum absolute atomic E-state index is 0.177. The van der Waals surface area contributed by atoms with E-state index in [1.165, 1.54) is 57.8 Å². The number of carbonyl (C=O) groups excluding carboxylic acids is 2. The van der Waals surface area contributed by atoms with Crippen LogP contribution in [0.4, 0.5) is 0 Å². The van der Waals surface area contributed by atoms with Crippen LogP contribution in [0.5, 0.6) is 0 Å². The molecule has 2 N–H and O–H groups in total. The maximum Gasteiger partial charge on any atom is 0.223 e. The van der Waals surface area contributed by atoms with Crippen molar-refractivity contribution >= 4 is 11.8 Å². The summed E-state index contributed by atoms with van der Waals surface area (Å²) in [6.07, 6.45) is 23.4. The molecule has 3 aliphatic rings. The van der Waals surface area contributed by atoms with Gasteiger partial charge in [0.1, 0.15) is 0 Å². The van der Waals surface area contributed by atoms with E-state index in [1.54, 1.807) is 0 Å². The largest absolute Gasteiger partial charge is 0.353 e. The summed E-state index contributed by atoms with van der Waals surface area (Å²) in [6.45, 7) is 0. The Morgan fingerprint density at radius 3 is 1.23 bits per heavy atom. The van der Waals surface area contributed by atoms with Crippen molar-refractivity contribution in [1.82, 2.24) is 10.6 Å². The molecule has 0 radical (unpaired) electrons. The van der Waals surface area contributed by atoms with Crippen molar-refractivity contribution in [1.29, 1.82) is 0 Å². The SMILES string of the molecule is O=C(NC1CCCCC1)C1CCCC[C@@H](NC(=O)C2CCCCCCCC2)CCC1. The topological polar surface area (TPSA) is 58.2 Å². The summed E-state index contributed by atoms with van der Waals surface area (Å²) >= 11 is 0. The van der Waals surface area contributed by atoms with Crippen LogP contribution in [0.15, 0.2) is 0 Å².